The van der Waals surface area contributed by atoms with Crippen LogP contribution in [-0.2, 0) is 24.4 Å². The number of aryl methyl sites for hydroxylation is 1. The third kappa shape index (κ3) is 2.58. The first-order valence-corrected chi connectivity index (χ1v) is 7.48. The molecule has 0 aromatic carbocycles. The van der Waals surface area contributed by atoms with Crippen LogP contribution in [0, 0.1) is 6.92 Å². The lowest BCUT2D eigenvalue weighted by molar-refractivity contribution is 0.0835. The molecule has 2 aromatic rings. The summed E-state index contributed by atoms with van der Waals surface area (Å²) in [5.74, 6) is 1.37. The van der Waals surface area contributed by atoms with Crippen LogP contribution in [0.1, 0.15) is 42.0 Å². The molecule has 0 bridgehead atoms. The second-order valence-corrected chi connectivity index (χ2v) is 5.76. The second-order valence-electron chi connectivity index (χ2n) is 5.76. The van der Waals surface area contributed by atoms with Crippen molar-refractivity contribution in [3.63, 3.8) is 0 Å². The molecule has 0 saturated carbocycles. The van der Waals surface area contributed by atoms with Gasteiger partial charge in [-0.15, -0.1) is 0 Å². The van der Waals surface area contributed by atoms with Crippen LogP contribution in [-0.4, -0.2) is 38.0 Å². The molecule has 0 unspecified atom stereocenters. The Bertz CT molecular complexity index is 629. The van der Waals surface area contributed by atoms with Crippen LogP contribution in [0.5, 0.6) is 0 Å². The van der Waals surface area contributed by atoms with Gasteiger partial charge in [0.25, 0.3) is 5.89 Å². The average Bonchev–Trinajstić information content (AvgIpc) is 3.16. The summed E-state index contributed by atoms with van der Waals surface area (Å²) in [6.45, 7) is 6.28. The van der Waals surface area contributed by atoms with Crippen LogP contribution in [0.2, 0.25) is 0 Å². The zero-order chi connectivity index (χ0) is 14.2. The molecular weight excluding hydrogens is 270 g/mol. The highest BCUT2D eigenvalue weighted by Gasteiger charge is 2.25. The van der Waals surface area contributed by atoms with E-state index < -0.39 is 0 Å². The fourth-order valence-electron chi connectivity index (χ4n) is 3.03. The lowest BCUT2D eigenvalue weighted by Crippen LogP contribution is -2.33. The zero-order valence-electron chi connectivity index (χ0n) is 12.2. The number of nitrogens with zero attached hydrogens (tertiary/aromatic N) is 5. The molecule has 0 radical (unpaired) electrons. The van der Waals surface area contributed by atoms with Gasteiger partial charge in [0, 0.05) is 19.7 Å². The molecule has 1 atom stereocenters. The van der Waals surface area contributed by atoms with Crippen LogP contribution in [0.3, 0.4) is 0 Å². The Labute approximate surface area is 122 Å². The Kier molecular flexibility index (Phi) is 3.23. The van der Waals surface area contributed by atoms with Crippen molar-refractivity contribution in [3.05, 3.63) is 29.2 Å². The van der Waals surface area contributed by atoms with Crippen LogP contribution in [0.15, 0.2) is 10.6 Å². The molecule has 0 spiro atoms. The largest absolute Gasteiger partial charge is 0.368 e. The number of ether oxygens (including phenoxy) is 1. The normalized spacial score (nSPS) is 22.6. The van der Waals surface area contributed by atoms with E-state index in [-0.39, 0.29) is 6.10 Å². The van der Waals surface area contributed by atoms with Crippen molar-refractivity contribution in [2.24, 2.45) is 0 Å². The number of fused-ring (bicyclic) bond motifs is 1. The predicted molar refractivity (Wildman–Crippen MR) is 73.3 cm³/mol. The number of hydrogen-bond acceptors (Lipinski definition) is 6. The third-order valence-corrected chi connectivity index (χ3v) is 4.05. The number of aromatic nitrogens is 4. The molecule has 1 saturated heterocycles. The maximum atomic E-state index is 5.57. The fraction of sp³-hybridized carbons (Fsp3) is 0.643. The highest BCUT2D eigenvalue weighted by atomic mass is 16.5. The van der Waals surface area contributed by atoms with E-state index in [0.717, 1.165) is 50.6 Å². The van der Waals surface area contributed by atoms with Gasteiger partial charge in [-0.3, -0.25) is 9.58 Å². The summed E-state index contributed by atoms with van der Waals surface area (Å²) < 4.78 is 13.0. The van der Waals surface area contributed by atoms with Gasteiger partial charge in [-0.1, -0.05) is 5.16 Å². The van der Waals surface area contributed by atoms with Crippen LogP contribution < -0.4 is 0 Å². The molecule has 21 heavy (non-hydrogen) atoms. The van der Waals surface area contributed by atoms with Gasteiger partial charge in [0.2, 0.25) is 0 Å². The van der Waals surface area contributed by atoms with E-state index in [4.69, 9.17) is 9.26 Å². The summed E-state index contributed by atoms with van der Waals surface area (Å²) in [4.78, 5) is 6.80. The number of hydrogen-bond donors (Lipinski definition) is 0. The summed E-state index contributed by atoms with van der Waals surface area (Å²) in [6.07, 6.45) is 2.04. The van der Waals surface area contributed by atoms with Gasteiger partial charge in [0.1, 0.15) is 6.10 Å². The van der Waals surface area contributed by atoms with Crippen molar-refractivity contribution in [1.29, 1.82) is 0 Å². The first-order valence-electron chi connectivity index (χ1n) is 7.48. The molecular formula is C14H19N5O2. The molecule has 1 fully saturated rings. The molecule has 7 nitrogen and oxygen atoms in total. The van der Waals surface area contributed by atoms with Crippen molar-refractivity contribution in [2.75, 3.05) is 13.2 Å². The lowest BCUT2D eigenvalue weighted by Gasteiger charge is -2.26. The van der Waals surface area contributed by atoms with Gasteiger partial charge in [0.15, 0.2) is 5.82 Å². The van der Waals surface area contributed by atoms with Crippen molar-refractivity contribution >= 4 is 0 Å². The van der Waals surface area contributed by atoms with Gasteiger partial charge < -0.3 is 9.26 Å². The first kappa shape index (κ1) is 13.0. The molecule has 112 valence electrons. The van der Waals surface area contributed by atoms with Gasteiger partial charge in [-0.25, -0.2) is 0 Å². The standard InChI is InChI=1S/C14H19N5O2/c1-10-7-11-8-18(4-5-19(11)16-10)9-13-15-14(21-17-13)12-3-2-6-20-12/h7,12H,2-6,8-9H2,1H3/t12-/m0/s1. The lowest BCUT2D eigenvalue weighted by atomic mass is 10.2. The molecule has 7 heteroatoms. The monoisotopic (exact) mass is 289 g/mol. The van der Waals surface area contributed by atoms with E-state index >= 15 is 0 Å². The van der Waals surface area contributed by atoms with Crippen molar-refractivity contribution < 1.29 is 9.26 Å². The first-order chi connectivity index (χ1) is 10.3. The molecule has 4 rings (SSSR count). The summed E-state index contributed by atoms with van der Waals surface area (Å²) >= 11 is 0. The van der Waals surface area contributed by atoms with Gasteiger partial charge in [-0.05, 0) is 25.8 Å². The summed E-state index contributed by atoms with van der Waals surface area (Å²) in [5.41, 5.74) is 2.33. The van der Waals surface area contributed by atoms with Crippen LogP contribution >= 0.6 is 0 Å². The van der Waals surface area contributed by atoms with Crippen LogP contribution in [0.25, 0.3) is 0 Å². The van der Waals surface area contributed by atoms with Crippen molar-refractivity contribution in [2.45, 2.75) is 45.5 Å². The Morgan fingerprint density at radius 3 is 3.19 bits per heavy atom. The molecule has 4 heterocycles. The molecule has 2 aliphatic rings. The summed E-state index contributed by atoms with van der Waals surface area (Å²) in [6, 6.07) is 2.14. The average molecular weight is 289 g/mol. The molecule has 0 amide bonds. The highest BCUT2D eigenvalue weighted by molar-refractivity contribution is 5.10. The third-order valence-electron chi connectivity index (χ3n) is 4.05. The van der Waals surface area contributed by atoms with E-state index in [9.17, 15) is 0 Å². The smallest absolute Gasteiger partial charge is 0.255 e. The SMILES string of the molecule is Cc1cc2n(n1)CCN(Cc1noc([C@@H]3CCCO3)n1)C2. The molecule has 2 aromatic heterocycles. The van der Waals surface area contributed by atoms with E-state index in [1.54, 1.807) is 0 Å². The Hall–Kier alpha value is -1.73. The predicted octanol–water partition coefficient (Wildman–Crippen LogP) is 1.44. The maximum Gasteiger partial charge on any atom is 0.255 e. The Balaban J connectivity index is 1.42. The quantitative estimate of drug-likeness (QED) is 0.851. The van der Waals surface area contributed by atoms with Crippen LogP contribution in [0.4, 0.5) is 0 Å². The van der Waals surface area contributed by atoms with E-state index in [1.165, 1.54) is 5.69 Å². The highest BCUT2D eigenvalue weighted by Crippen LogP contribution is 2.27. The number of rotatable bonds is 3. The fourth-order valence-corrected chi connectivity index (χ4v) is 3.03. The molecule has 2 aliphatic heterocycles. The van der Waals surface area contributed by atoms with E-state index in [1.807, 2.05) is 6.92 Å². The minimum atomic E-state index is -0.00307. The topological polar surface area (TPSA) is 69.2 Å². The van der Waals surface area contributed by atoms with Gasteiger partial charge in [-0.2, -0.15) is 10.1 Å². The zero-order valence-corrected chi connectivity index (χ0v) is 12.2. The van der Waals surface area contributed by atoms with Crippen molar-refractivity contribution in [3.8, 4) is 0 Å². The molecule has 0 aliphatic carbocycles. The minimum absolute atomic E-state index is 0.00307. The van der Waals surface area contributed by atoms with Gasteiger partial charge >= 0.3 is 0 Å². The Morgan fingerprint density at radius 2 is 2.33 bits per heavy atom. The van der Waals surface area contributed by atoms with Gasteiger partial charge in [0.05, 0.1) is 24.5 Å². The summed E-state index contributed by atoms with van der Waals surface area (Å²) in [7, 11) is 0. The van der Waals surface area contributed by atoms with E-state index in [2.05, 4.69) is 30.9 Å². The van der Waals surface area contributed by atoms with E-state index in [0.29, 0.717) is 12.4 Å². The van der Waals surface area contributed by atoms with Crippen molar-refractivity contribution in [1.82, 2.24) is 24.8 Å². The Morgan fingerprint density at radius 1 is 1.38 bits per heavy atom. The molecule has 0 N–H and O–H groups in total. The maximum absolute atomic E-state index is 5.57. The minimum Gasteiger partial charge on any atom is -0.368 e. The second kappa shape index (κ2) is 5.23. The summed E-state index contributed by atoms with van der Waals surface area (Å²) in [5, 5.41) is 8.56.